The highest BCUT2D eigenvalue weighted by atomic mass is 16.5. The molecule has 0 aromatic heterocycles. The van der Waals surface area contributed by atoms with Crippen LogP contribution < -0.4 is 20.1 Å². The zero-order chi connectivity index (χ0) is 18.6. The number of carbonyl (C=O) groups excluding carboxylic acids is 1. The molecule has 2 rings (SSSR count). The van der Waals surface area contributed by atoms with Crippen LogP contribution in [0.1, 0.15) is 33.1 Å². The third-order valence-corrected chi connectivity index (χ3v) is 3.66. The smallest absolute Gasteiger partial charge is 0.243 e. The van der Waals surface area contributed by atoms with E-state index in [4.69, 9.17) is 9.47 Å². The third kappa shape index (κ3) is 7.05. The number of hydrogen-bond donors (Lipinski definition) is 2. The highest BCUT2D eigenvalue weighted by molar-refractivity contribution is 5.93. The van der Waals surface area contributed by atoms with Crippen LogP contribution in [-0.4, -0.2) is 25.7 Å². The molecule has 0 fully saturated rings. The lowest BCUT2D eigenvalue weighted by Crippen LogP contribution is -2.21. The minimum Gasteiger partial charge on any atom is -0.494 e. The zero-order valence-electron chi connectivity index (χ0n) is 15.6. The van der Waals surface area contributed by atoms with Crippen LogP contribution in [0.15, 0.2) is 48.5 Å². The molecule has 0 saturated heterocycles. The van der Waals surface area contributed by atoms with Gasteiger partial charge in [-0.15, -0.1) is 0 Å². The molecule has 26 heavy (non-hydrogen) atoms. The molecule has 0 radical (unpaired) electrons. The first-order valence-corrected chi connectivity index (χ1v) is 9.20. The van der Waals surface area contributed by atoms with Crippen LogP contribution in [0, 0.1) is 0 Å². The molecular weight excluding hydrogens is 328 g/mol. The van der Waals surface area contributed by atoms with Crippen LogP contribution in [0.25, 0.3) is 0 Å². The monoisotopic (exact) mass is 356 g/mol. The number of ether oxygens (including phenoxy) is 2. The molecule has 140 valence electrons. The molecule has 5 heteroatoms. The normalized spacial score (nSPS) is 10.2. The number of benzene rings is 2. The molecule has 0 aliphatic rings. The van der Waals surface area contributed by atoms with Crippen LogP contribution in [0.3, 0.4) is 0 Å². The van der Waals surface area contributed by atoms with Crippen LogP contribution in [0.5, 0.6) is 11.5 Å². The summed E-state index contributed by atoms with van der Waals surface area (Å²) in [5.41, 5.74) is 1.60. The topological polar surface area (TPSA) is 59.6 Å². The highest BCUT2D eigenvalue weighted by Gasteiger charge is 2.04. The molecule has 5 nitrogen and oxygen atoms in total. The molecule has 2 aromatic rings. The maximum atomic E-state index is 12.1. The average Bonchev–Trinajstić information content (AvgIpc) is 2.67. The summed E-state index contributed by atoms with van der Waals surface area (Å²) < 4.78 is 11.2. The molecule has 0 bridgehead atoms. The first-order chi connectivity index (χ1) is 12.7. The summed E-state index contributed by atoms with van der Waals surface area (Å²) in [7, 11) is 0. The predicted octanol–water partition coefficient (Wildman–Crippen LogP) is 4.70. The van der Waals surface area contributed by atoms with Gasteiger partial charge in [0.15, 0.2) is 0 Å². The quantitative estimate of drug-likeness (QED) is 0.573. The van der Waals surface area contributed by atoms with Crippen molar-refractivity contribution in [3.63, 3.8) is 0 Å². The van der Waals surface area contributed by atoms with Gasteiger partial charge in [0.05, 0.1) is 19.8 Å². The van der Waals surface area contributed by atoms with E-state index in [0.29, 0.717) is 13.2 Å². The molecule has 2 aromatic carbocycles. The summed E-state index contributed by atoms with van der Waals surface area (Å²) in [5, 5.41) is 5.98. The lowest BCUT2D eigenvalue weighted by Gasteiger charge is -2.10. The molecule has 0 saturated carbocycles. The van der Waals surface area contributed by atoms with Crippen molar-refractivity contribution in [2.24, 2.45) is 0 Å². The van der Waals surface area contributed by atoms with Crippen LogP contribution in [0.4, 0.5) is 11.4 Å². The summed E-state index contributed by atoms with van der Waals surface area (Å²) in [6.07, 6.45) is 3.10. The first kappa shape index (κ1) is 19.6. The van der Waals surface area contributed by atoms with Gasteiger partial charge in [0.2, 0.25) is 5.91 Å². The first-order valence-electron chi connectivity index (χ1n) is 9.20. The molecule has 1 amide bonds. The van der Waals surface area contributed by atoms with E-state index < -0.39 is 0 Å². The Labute approximate surface area is 155 Å². The van der Waals surface area contributed by atoms with E-state index >= 15 is 0 Å². The number of amides is 1. The molecule has 0 aliphatic heterocycles. The SMILES string of the molecule is CCCCOc1ccc(NC(=O)CNc2cccc(OCCC)c2)cc1. The van der Waals surface area contributed by atoms with Gasteiger partial charge in [0.1, 0.15) is 11.5 Å². The Hall–Kier alpha value is -2.69. The summed E-state index contributed by atoms with van der Waals surface area (Å²) in [6, 6.07) is 15.0. The van der Waals surface area contributed by atoms with Crippen molar-refractivity contribution in [3.8, 4) is 11.5 Å². The van der Waals surface area contributed by atoms with Gasteiger partial charge >= 0.3 is 0 Å². The van der Waals surface area contributed by atoms with E-state index in [2.05, 4.69) is 24.5 Å². The predicted molar refractivity (Wildman–Crippen MR) is 106 cm³/mol. The Bertz CT molecular complexity index is 671. The van der Waals surface area contributed by atoms with Gasteiger partial charge in [0, 0.05) is 17.4 Å². The van der Waals surface area contributed by atoms with Crippen molar-refractivity contribution in [1.29, 1.82) is 0 Å². The summed E-state index contributed by atoms with van der Waals surface area (Å²) >= 11 is 0. The molecular formula is C21H28N2O3. The van der Waals surface area contributed by atoms with E-state index in [1.807, 2.05) is 48.5 Å². The second-order valence-electron chi connectivity index (χ2n) is 6.00. The van der Waals surface area contributed by atoms with Crippen molar-refractivity contribution >= 4 is 17.3 Å². The Morgan fingerprint density at radius 3 is 2.38 bits per heavy atom. The molecule has 2 N–H and O–H groups in total. The molecule has 0 heterocycles. The van der Waals surface area contributed by atoms with Gasteiger partial charge in [-0.1, -0.05) is 26.3 Å². The average molecular weight is 356 g/mol. The summed E-state index contributed by atoms with van der Waals surface area (Å²) in [4.78, 5) is 12.1. The summed E-state index contributed by atoms with van der Waals surface area (Å²) in [6.45, 7) is 5.78. The van der Waals surface area contributed by atoms with Crippen LogP contribution >= 0.6 is 0 Å². The molecule has 0 aliphatic carbocycles. The molecule has 0 atom stereocenters. The van der Waals surface area contributed by atoms with Gasteiger partial charge in [-0.2, -0.15) is 0 Å². The van der Waals surface area contributed by atoms with Crippen molar-refractivity contribution in [2.75, 3.05) is 30.4 Å². The second-order valence-corrected chi connectivity index (χ2v) is 6.00. The second kappa shape index (κ2) is 11.0. The minimum atomic E-state index is -0.107. The largest absolute Gasteiger partial charge is 0.494 e. The van der Waals surface area contributed by atoms with E-state index in [1.165, 1.54) is 0 Å². The van der Waals surface area contributed by atoms with E-state index in [-0.39, 0.29) is 12.5 Å². The fraction of sp³-hybridized carbons (Fsp3) is 0.381. The Kier molecular flexibility index (Phi) is 8.33. The lowest BCUT2D eigenvalue weighted by atomic mass is 10.3. The number of anilines is 2. The number of hydrogen-bond acceptors (Lipinski definition) is 4. The number of rotatable bonds is 11. The van der Waals surface area contributed by atoms with Gasteiger partial charge in [-0.25, -0.2) is 0 Å². The van der Waals surface area contributed by atoms with E-state index in [1.54, 1.807) is 0 Å². The zero-order valence-corrected chi connectivity index (χ0v) is 15.6. The third-order valence-electron chi connectivity index (χ3n) is 3.66. The number of unbranched alkanes of at least 4 members (excludes halogenated alkanes) is 1. The van der Waals surface area contributed by atoms with Crippen LogP contribution in [0.2, 0.25) is 0 Å². The number of carbonyl (C=O) groups is 1. The highest BCUT2D eigenvalue weighted by Crippen LogP contribution is 2.18. The van der Waals surface area contributed by atoms with Gasteiger partial charge in [0.25, 0.3) is 0 Å². The van der Waals surface area contributed by atoms with E-state index in [9.17, 15) is 4.79 Å². The van der Waals surface area contributed by atoms with Crippen LogP contribution in [-0.2, 0) is 4.79 Å². The lowest BCUT2D eigenvalue weighted by molar-refractivity contribution is -0.114. The fourth-order valence-electron chi connectivity index (χ4n) is 2.27. The Morgan fingerprint density at radius 1 is 0.885 bits per heavy atom. The van der Waals surface area contributed by atoms with Gasteiger partial charge in [-0.3, -0.25) is 4.79 Å². The van der Waals surface area contributed by atoms with Crippen molar-refractivity contribution in [3.05, 3.63) is 48.5 Å². The van der Waals surface area contributed by atoms with E-state index in [0.717, 1.165) is 42.1 Å². The molecule has 0 unspecified atom stereocenters. The maximum absolute atomic E-state index is 12.1. The van der Waals surface area contributed by atoms with Crippen molar-refractivity contribution in [2.45, 2.75) is 33.1 Å². The number of nitrogens with one attached hydrogen (secondary N) is 2. The summed E-state index contributed by atoms with van der Waals surface area (Å²) in [5.74, 6) is 1.51. The fourth-order valence-corrected chi connectivity index (χ4v) is 2.27. The van der Waals surface area contributed by atoms with Crippen molar-refractivity contribution in [1.82, 2.24) is 0 Å². The Balaban J connectivity index is 1.78. The molecule has 0 spiro atoms. The standard InChI is InChI=1S/C21H28N2O3/c1-3-5-14-26-19-11-9-17(10-12-19)23-21(24)16-22-18-7-6-8-20(15-18)25-13-4-2/h6-12,15,22H,3-5,13-14,16H2,1-2H3,(H,23,24). The minimum absolute atomic E-state index is 0.107. The van der Waals surface area contributed by atoms with Crippen molar-refractivity contribution < 1.29 is 14.3 Å². The van der Waals surface area contributed by atoms with Gasteiger partial charge in [-0.05, 0) is 49.2 Å². The van der Waals surface area contributed by atoms with Gasteiger partial charge < -0.3 is 20.1 Å². The maximum Gasteiger partial charge on any atom is 0.243 e. The Morgan fingerprint density at radius 2 is 1.65 bits per heavy atom.